The average Bonchev–Trinajstić information content (AvgIpc) is 3.34. The number of fused-ring (bicyclic) bond motifs is 7. The fourth-order valence-electron chi connectivity index (χ4n) is 12.6. The summed E-state index contributed by atoms with van der Waals surface area (Å²) < 4.78 is 5.54. The highest BCUT2D eigenvalue weighted by Crippen LogP contribution is 2.77. The van der Waals surface area contributed by atoms with Crippen molar-refractivity contribution in [3.63, 3.8) is 0 Å². The van der Waals surface area contributed by atoms with E-state index in [2.05, 4.69) is 54.2 Å². The Morgan fingerprint density at radius 3 is 2.19 bits per heavy atom. The van der Waals surface area contributed by atoms with Crippen LogP contribution in [0.15, 0.2) is 42.5 Å². The topological polar surface area (TPSA) is 63.6 Å². The summed E-state index contributed by atoms with van der Waals surface area (Å²) in [5.41, 5.74) is 4.40. The molecule has 1 N–H and O–H groups in total. The lowest BCUT2D eigenvalue weighted by Crippen LogP contribution is -2.66. The summed E-state index contributed by atoms with van der Waals surface area (Å²) in [6.07, 6.45) is 12.5. The van der Waals surface area contributed by atoms with Gasteiger partial charge in [-0.3, -0.25) is 4.79 Å². The van der Waals surface area contributed by atoms with Gasteiger partial charge in [0, 0.05) is 0 Å². The molecule has 4 nitrogen and oxygen atoms in total. The molecule has 0 saturated heterocycles. The first-order valence-corrected chi connectivity index (χ1v) is 16.5. The Morgan fingerprint density at radius 1 is 0.881 bits per heavy atom. The molecule has 1 aromatic carbocycles. The van der Waals surface area contributed by atoms with Crippen LogP contribution in [0.4, 0.5) is 0 Å². The molecular formula is C38H52O4. The van der Waals surface area contributed by atoms with Crippen LogP contribution in [-0.4, -0.2) is 24.2 Å². The molecule has 1 unspecified atom stereocenters. The quantitative estimate of drug-likeness (QED) is 0.289. The van der Waals surface area contributed by atoms with E-state index in [4.69, 9.17) is 4.74 Å². The molecule has 0 spiro atoms. The van der Waals surface area contributed by atoms with Gasteiger partial charge in [-0.05, 0) is 139 Å². The van der Waals surface area contributed by atoms with Crippen molar-refractivity contribution in [2.24, 2.45) is 56.7 Å². The van der Waals surface area contributed by atoms with Crippen LogP contribution < -0.4 is 0 Å². The van der Waals surface area contributed by atoms with Gasteiger partial charge in [-0.15, -0.1) is 0 Å². The van der Waals surface area contributed by atoms with Gasteiger partial charge in [-0.1, -0.05) is 65.0 Å². The number of carboxylic acid groups (broad SMARTS) is 1. The number of rotatable bonds is 4. The molecule has 5 aliphatic carbocycles. The Morgan fingerprint density at radius 2 is 1.57 bits per heavy atom. The second-order valence-corrected chi connectivity index (χ2v) is 16.3. The molecule has 4 saturated carbocycles. The van der Waals surface area contributed by atoms with Crippen molar-refractivity contribution in [1.82, 2.24) is 0 Å². The van der Waals surface area contributed by atoms with Gasteiger partial charge in [0.05, 0.1) is 18.1 Å². The molecule has 0 heterocycles. The zero-order chi connectivity index (χ0) is 30.5. The van der Waals surface area contributed by atoms with E-state index in [-0.39, 0.29) is 33.0 Å². The summed E-state index contributed by atoms with van der Waals surface area (Å²) >= 11 is 0. The number of ether oxygens (including phenoxy) is 1. The number of hydrogen-bond donors (Lipinski definition) is 1. The normalized spacial score (nSPS) is 43.6. The minimum absolute atomic E-state index is 0.0000730. The maximum atomic E-state index is 13.5. The van der Waals surface area contributed by atoms with Crippen molar-refractivity contribution < 1.29 is 19.4 Å². The van der Waals surface area contributed by atoms with E-state index in [1.807, 2.05) is 12.1 Å². The molecule has 42 heavy (non-hydrogen) atoms. The fraction of sp³-hybridized carbons (Fsp3) is 0.684. The first-order chi connectivity index (χ1) is 19.7. The van der Waals surface area contributed by atoms with Crippen molar-refractivity contribution in [3.05, 3.63) is 53.6 Å². The third kappa shape index (κ3) is 3.71. The molecule has 0 aromatic heterocycles. The molecule has 0 radical (unpaired) electrons. The molecular weight excluding hydrogens is 520 g/mol. The van der Waals surface area contributed by atoms with E-state index < -0.39 is 5.97 Å². The first-order valence-electron chi connectivity index (χ1n) is 16.5. The molecule has 9 atom stereocenters. The Bertz CT molecular complexity index is 1340. The van der Waals surface area contributed by atoms with Gasteiger partial charge in [-0.25, -0.2) is 4.79 Å². The van der Waals surface area contributed by atoms with E-state index >= 15 is 0 Å². The van der Waals surface area contributed by atoms with Gasteiger partial charge >= 0.3 is 11.9 Å². The third-order valence-electron chi connectivity index (χ3n) is 14.7. The fourth-order valence-corrected chi connectivity index (χ4v) is 12.6. The zero-order valence-electron chi connectivity index (χ0n) is 27.0. The number of carbonyl (C=O) groups is 2. The van der Waals surface area contributed by atoms with Gasteiger partial charge in [0.25, 0.3) is 0 Å². The third-order valence-corrected chi connectivity index (χ3v) is 14.7. The standard InChI is InChI=1S/C38H52O4/c1-23(2)26-15-20-38(33(41)42-8)22-21-36(6)28(31(26)38)13-14-30-35(5)18-16-27(24-9-11-25(12-10-24)32(39)40)34(3,4)29(35)17-19-37(30,36)7/h9-12,16,26,28-31H,1,13-15,17-22H2,2-8H3,(H,39,40)/t26-,28+,29-,30?,31+,35-,36+,37+,38-/m0/s1. The lowest BCUT2D eigenvalue weighted by molar-refractivity contribution is -0.228. The summed E-state index contributed by atoms with van der Waals surface area (Å²) in [7, 11) is 1.59. The largest absolute Gasteiger partial charge is 0.478 e. The van der Waals surface area contributed by atoms with Crippen molar-refractivity contribution in [3.8, 4) is 0 Å². The predicted molar refractivity (Wildman–Crippen MR) is 168 cm³/mol. The number of carboxylic acids is 1. The van der Waals surface area contributed by atoms with Gasteiger partial charge in [0.2, 0.25) is 0 Å². The van der Waals surface area contributed by atoms with Gasteiger partial charge in [-0.2, -0.15) is 0 Å². The number of methoxy groups -OCH3 is 1. The van der Waals surface area contributed by atoms with Crippen LogP contribution >= 0.6 is 0 Å². The first kappa shape index (κ1) is 29.7. The number of aromatic carboxylic acids is 1. The molecule has 5 aliphatic rings. The lowest BCUT2D eigenvalue weighted by Gasteiger charge is -2.72. The lowest BCUT2D eigenvalue weighted by atomic mass is 9.32. The molecule has 0 amide bonds. The number of allylic oxidation sites excluding steroid dienone is 3. The molecule has 6 rings (SSSR count). The highest BCUT2D eigenvalue weighted by molar-refractivity contribution is 5.88. The van der Waals surface area contributed by atoms with Crippen LogP contribution in [0, 0.1) is 56.7 Å². The van der Waals surface area contributed by atoms with Crippen LogP contribution in [-0.2, 0) is 9.53 Å². The molecule has 4 heteroatoms. The highest BCUT2D eigenvalue weighted by atomic mass is 16.5. The molecule has 1 aromatic rings. The Hall–Kier alpha value is -2.36. The predicted octanol–water partition coefficient (Wildman–Crippen LogP) is 9.21. The second-order valence-electron chi connectivity index (χ2n) is 16.3. The van der Waals surface area contributed by atoms with Crippen LogP contribution in [0.1, 0.15) is 115 Å². The van der Waals surface area contributed by atoms with E-state index in [1.54, 1.807) is 19.2 Å². The zero-order valence-corrected chi connectivity index (χ0v) is 27.0. The van der Waals surface area contributed by atoms with E-state index in [9.17, 15) is 14.7 Å². The molecule has 0 bridgehead atoms. The smallest absolute Gasteiger partial charge is 0.335 e. The average molecular weight is 573 g/mol. The Labute approximate surface area is 253 Å². The number of hydrogen-bond acceptors (Lipinski definition) is 3. The summed E-state index contributed by atoms with van der Waals surface area (Å²) in [5, 5.41) is 9.42. The van der Waals surface area contributed by atoms with Crippen LogP contribution in [0.25, 0.3) is 5.57 Å². The Balaban J connectivity index is 1.37. The van der Waals surface area contributed by atoms with Crippen molar-refractivity contribution in [1.29, 1.82) is 0 Å². The van der Waals surface area contributed by atoms with Crippen molar-refractivity contribution in [2.45, 2.75) is 99.3 Å². The summed E-state index contributed by atoms with van der Waals surface area (Å²) in [5.74, 6) is 1.62. The maximum absolute atomic E-state index is 13.5. The number of carbonyl (C=O) groups excluding carboxylic acids is 1. The Kier molecular flexibility index (Phi) is 6.77. The van der Waals surface area contributed by atoms with E-state index in [0.29, 0.717) is 35.2 Å². The van der Waals surface area contributed by atoms with E-state index in [1.165, 1.54) is 36.8 Å². The van der Waals surface area contributed by atoms with Crippen molar-refractivity contribution >= 4 is 17.5 Å². The van der Waals surface area contributed by atoms with Gasteiger partial charge in [0.1, 0.15) is 0 Å². The van der Waals surface area contributed by atoms with Gasteiger partial charge < -0.3 is 9.84 Å². The van der Waals surface area contributed by atoms with Crippen molar-refractivity contribution in [2.75, 3.05) is 7.11 Å². The summed E-state index contributed by atoms with van der Waals surface area (Å²) in [4.78, 5) is 25.0. The van der Waals surface area contributed by atoms with E-state index in [0.717, 1.165) is 37.7 Å². The second kappa shape index (κ2) is 9.57. The van der Waals surface area contributed by atoms with Crippen LogP contribution in [0.3, 0.4) is 0 Å². The van der Waals surface area contributed by atoms with Crippen LogP contribution in [0.5, 0.6) is 0 Å². The van der Waals surface area contributed by atoms with Crippen LogP contribution in [0.2, 0.25) is 0 Å². The van der Waals surface area contributed by atoms with Gasteiger partial charge in [0.15, 0.2) is 0 Å². The monoisotopic (exact) mass is 572 g/mol. The molecule has 0 aliphatic heterocycles. The number of benzene rings is 1. The minimum Gasteiger partial charge on any atom is -0.478 e. The maximum Gasteiger partial charge on any atom is 0.335 e. The SMILES string of the molecule is C=C(C)[C@@H]1CC[C@]2(C(=O)OC)CC[C@]3(C)[C@H](CCC4[C@@]5(C)CC=C(c6ccc(C(=O)O)cc6)C(C)(C)[C@@H]5CC[C@]43C)[C@@H]12. The summed E-state index contributed by atoms with van der Waals surface area (Å²) in [6.45, 7) is 19.3. The minimum atomic E-state index is -0.875. The molecule has 4 fully saturated rings. The number of esters is 1. The summed E-state index contributed by atoms with van der Waals surface area (Å²) in [6, 6.07) is 7.52. The highest BCUT2D eigenvalue weighted by Gasteiger charge is 2.71. The molecule has 228 valence electrons.